The van der Waals surface area contributed by atoms with E-state index in [1.54, 1.807) is 0 Å². The number of benzene rings is 1. The van der Waals surface area contributed by atoms with Gasteiger partial charge in [0, 0.05) is 10.6 Å². The highest BCUT2D eigenvalue weighted by atomic mass is 32.2. The van der Waals surface area contributed by atoms with Crippen molar-refractivity contribution in [3.63, 3.8) is 0 Å². The van der Waals surface area contributed by atoms with Crippen LogP contribution in [0.2, 0.25) is 0 Å². The summed E-state index contributed by atoms with van der Waals surface area (Å²) in [4.78, 5) is 1.25. The first kappa shape index (κ1) is 8.20. The predicted molar refractivity (Wildman–Crippen MR) is 54.9 cm³/mol. The highest BCUT2D eigenvalue weighted by molar-refractivity contribution is 7.99. The van der Waals surface area contributed by atoms with Crippen molar-refractivity contribution in [2.24, 2.45) is 0 Å². The molecule has 1 unspecified atom stereocenters. The number of rotatable bonds is 0. The van der Waals surface area contributed by atoms with Crippen LogP contribution in [0.4, 0.5) is 0 Å². The third-order valence-electron chi connectivity index (χ3n) is 2.17. The van der Waals surface area contributed by atoms with E-state index in [2.05, 4.69) is 26.0 Å². The van der Waals surface area contributed by atoms with E-state index in [1.807, 2.05) is 11.8 Å². The van der Waals surface area contributed by atoms with Gasteiger partial charge in [-0.2, -0.15) is 0 Å². The first-order valence-electron chi connectivity index (χ1n) is 4.19. The van der Waals surface area contributed by atoms with Gasteiger partial charge >= 0.3 is 0 Å². The van der Waals surface area contributed by atoms with Gasteiger partial charge in [-0.15, -0.1) is 11.8 Å². The largest absolute Gasteiger partial charge is 0.388 e. The molecule has 12 heavy (non-hydrogen) atoms. The zero-order valence-electron chi connectivity index (χ0n) is 7.08. The van der Waals surface area contributed by atoms with Gasteiger partial charge in [0.1, 0.15) is 7.85 Å². The maximum absolute atomic E-state index is 9.67. The van der Waals surface area contributed by atoms with Crippen molar-refractivity contribution in [3.05, 3.63) is 23.8 Å². The zero-order chi connectivity index (χ0) is 8.55. The van der Waals surface area contributed by atoms with E-state index < -0.39 is 0 Å². The Morgan fingerprint density at radius 2 is 2.33 bits per heavy atom. The second kappa shape index (κ2) is 3.15. The summed E-state index contributed by atoms with van der Waals surface area (Å²) in [6.45, 7) is 0. The summed E-state index contributed by atoms with van der Waals surface area (Å²) in [6, 6.07) is 6.30. The van der Waals surface area contributed by atoms with Crippen LogP contribution in [-0.2, 0) is 0 Å². The Kier molecular flexibility index (Phi) is 2.15. The Balaban J connectivity index is 2.47. The summed E-state index contributed by atoms with van der Waals surface area (Å²) in [5.41, 5.74) is 2.35. The molecule has 1 nitrogen and oxygen atoms in total. The normalized spacial score (nSPS) is 21.9. The van der Waals surface area contributed by atoms with E-state index >= 15 is 0 Å². The Morgan fingerprint density at radius 3 is 3.17 bits per heavy atom. The molecular weight excluding hydrogens is 167 g/mol. The fourth-order valence-electron chi connectivity index (χ4n) is 1.50. The molecule has 0 aromatic heterocycles. The molecular formula is C9H11BOS. The third-order valence-corrected chi connectivity index (χ3v) is 3.30. The summed E-state index contributed by atoms with van der Waals surface area (Å²) < 4.78 is 0. The molecule has 0 bridgehead atoms. The second-order valence-electron chi connectivity index (χ2n) is 3.19. The molecule has 0 spiro atoms. The Bertz CT molecular complexity index is 301. The number of aliphatic hydroxyl groups is 1. The Labute approximate surface area is 77.6 Å². The zero-order valence-corrected chi connectivity index (χ0v) is 7.90. The molecule has 1 N–H and O–H groups in total. The van der Waals surface area contributed by atoms with Gasteiger partial charge in [-0.25, -0.2) is 0 Å². The molecule has 1 aliphatic rings. The average molecular weight is 178 g/mol. The van der Waals surface area contributed by atoms with E-state index in [-0.39, 0.29) is 6.10 Å². The van der Waals surface area contributed by atoms with E-state index in [0.717, 1.165) is 17.7 Å². The van der Waals surface area contributed by atoms with Gasteiger partial charge in [-0.1, -0.05) is 17.6 Å². The van der Waals surface area contributed by atoms with Gasteiger partial charge in [0.05, 0.1) is 6.10 Å². The minimum atomic E-state index is -0.235. The van der Waals surface area contributed by atoms with Crippen molar-refractivity contribution >= 4 is 25.1 Å². The third kappa shape index (κ3) is 1.39. The molecule has 0 radical (unpaired) electrons. The van der Waals surface area contributed by atoms with Crippen LogP contribution in [0.1, 0.15) is 18.1 Å². The molecule has 1 aromatic carbocycles. The minimum absolute atomic E-state index is 0.235. The monoisotopic (exact) mass is 178 g/mol. The Morgan fingerprint density at radius 1 is 1.50 bits per heavy atom. The molecule has 1 heterocycles. The first-order chi connectivity index (χ1) is 5.77. The lowest BCUT2D eigenvalue weighted by Gasteiger charge is -2.20. The lowest BCUT2D eigenvalue weighted by Crippen LogP contribution is -2.11. The molecule has 1 aliphatic heterocycles. The van der Waals surface area contributed by atoms with Gasteiger partial charge in [-0.3, -0.25) is 0 Å². The molecule has 1 atom stereocenters. The Hall–Kier alpha value is -0.405. The van der Waals surface area contributed by atoms with Crippen LogP contribution in [0.5, 0.6) is 0 Å². The van der Waals surface area contributed by atoms with Crippen LogP contribution < -0.4 is 5.46 Å². The van der Waals surface area contributed by atoms with Crippen LogP contribution in [0, 0.1) is 0 Å². The van der Waals surface area contributed by atoms with Crippen molar-refractivity contribution in [1.82, 2.24) is 0 Å². The average Bonchev–Trinajstić information content (AvgIpc) is 2.07. The van der Waals surface area contributed by atoms with Crippen molar-refractivity contribution < 1.29 is 5.11 Å². The van der Waals surface area contributed by atoms with Gasteiger partial charge in [0.2, 0.25) is 0 Å². The topological polar surface area (TPSA) is 20.2 Å². The fraction of sp³-hybridized carbons (Fsp3) is 0.333. The summed E-state index contributed by atoms with van der Waals surface area (Å²) in [5, 5.41) is 9.67. The van der Waals surface area contributed by atoms with Crippen LogP contribution in [0.25, 0.3) is 0 Å². The van der Waals surface area contributed by atoms with E-state index in [9.17, 15) is 5.11 Å². The second-order valence-corrected chi connectivity index (χ2v) is 4.33. The van der Waals surface area contributed by atoms with Crippen molar-refractivity contribution in [3.8, 4) is 0 Å². The molecule has 0 saturated heterocycles. The molecule has 3 heteroatoms. The smallest absolute Gasteiger partial charge is 0.139 e. The minimum Gasteiger partial charge on any atom is -0.388 e. The first-order valence-corrected chi connectivity index (χ1v) is 5.17. The van der Waals surface area contributed by atoms with E-state index in [1.165, 1.54) is 10.4 Å². The number of hydrogen-bond donors (Lipinski definition) is 1. The lowest BCUT2D eigenvalue weighted by atomic mass is 9.92. The molecule has 1 aromatic rings. The molecule has 0 amide bonds. The van der Waals surface area contributed by atoms with E-state index in [4.69, 9.17) is 0 Å². The van der Waals surface area contributed by atoms with Crippen molar-refractivity contribution in [1.29, 1.82) is 0 Å². The lowest BCUT2D eigenvalue weighted by molar-refractivity contribution is 0.170. The molecule has 0 saturated carbocycles. The van der Waals surface area contributed by atoms with Crippen molar-refractivity contribution in [2.75, 3.05) is 5.75 Å². The van der Waals surface area contributed by atoms with Gasteiger partial charge < -0.3 is 5.11 Å². The summed E-state index contributed by atoms with van der Waals surface area (Å²) in [5.74, 6) is 1.04. The van der Waals surface area contributed by atoms with Gasteiger partial charge in [0.25, 0.3) is 0 Å². The van der Waals surface area contributed by atoms with Crippen molar-refractivity contribution in [2.45, 2.75) is 17.4 Å². The molecule has 0 aliphatic carbocycles. The fourth-order valence-corrected chi connectivity index (χ4v) is 2.58. The highest BCUT2D eigenvalue weighted by Gasteiger charge is 2.17. The summed E-state index contributed by atoms with van der Waals surface area (Å²) >= 11 is 1.84. The van der Waals surface area contributed by atoms with E-state index in [0.29, 0.717) is 0 Å². The van der Waals surface area contributed by atoms with Crippen LogP contribution in [0.15, 0.2) is 23.1 Å². The van der Waals surface area contributed by atoms with Gasteiger partial charge in [0.15, 0.2) is 0 Å². The quantitative estimate of drug-likeness (QED) is 0.583. The summed E-state index contributed by atoms with van der Waals surface area (Å²) in [7, 11) is 2.06. The number of fused-ring (bicyclic) bond motifs is 1. The number of hydrogen-bond acceptors (Lipinski definition) is 2. The summed E-state index contributed by atoms with van der Waals surface area (Å²) in [6.07, 6.45) is 0.655. The van der Waals surface area contributed by atoms with Gasteiger partial charge in [-0.05, 0) is 18.1 Å². The predicted octanol–water partition coefficient (Wildman–Crippen LogP) is 0.474. The van der Waals surface area contributed by atoms with Crippen LogP contribution >= 0.6 is 11.8 Å². The maximum Gasteiger partial charge on any atom is 0.139 e. The highest BCUT2D eigenvalue weighted by Crippen LogP contribution is 2.34. The molecule has 0 fully saturated rings. The standard InChI is InChI=1S/C9H11BOS/c10-6-1-2-9-7(5-6)8(11)3-4-12-9/h1-2,5,8,11H,3-4,10H2. The molecule has 62 valence electrons. The maximum atomic E-state index is 9.67. The van der Waals surface area contributed by atoms with Crippen LogP contribution in [0.3, 0.4) is 0 Å². The van der Waals surface area contributed by atoms with Crippen LogP contribution in [-0.4, -0.2) is 18.7 Å². The SMILES string of the molecule is Bc1ccc2c(c1)C(O)CCS2. The number of aliphatic hydroxyl groups excluding tert-OH is 1. The molecule has 2 rings (SSSR count). The number of thioether (sulfide) groups is 1.